The molecule has 1 atom stereocenters. The number of aromatic nitrogens is 1. The number of amides is 1. The summed E-state index contributed by atoms with van der Waals surface area (Å²) < 4.78 is 10.2. The molecule has 2 rings (SSSR count). The van der Waals surface area contributed by atoms with Crippen LogP contribution < -0.4 is 5.32 Å². The van der Waals surface area contributed by atoms with Crippen LogP contribution in [0.2, 0.25) is 0 Å². The van der Waals surface area contributed by atoms with Crippen LogP contribution in [0.15, 0.2) is 28.8 Å². The Labute approximate surface area is 134 Å². The minimum Gasteiger partial charge on any atom is -0.449 e. The molecule has 1 aromatic carbocycles. The molecule has 1 N–H and O–H groups in total. The van der Waals surface area contributed by atoms with Gasteiger partial charge in [-0.25, -0.2) is 4.79 Å². The van der Waals surface area contributed by atoms with Crippen molar-refractivity contribution in [3.8, 4) is 0 Å². The fourth-order valence-corrected chi connectivity index (χ4v) is 2.19. The third-order valence-corrected chi connectivity index (χ3v) is 3.39. The normalized spacial score (nSPS) is 11.8. The van der Waals surface area contributed by atoms with E-state index in [2.05, 4.69) is 10.5 Å². The van der Waals surface area contributed by atoms with E-state index in [4.69, 9.17) is 9.26 Å². The van der Waals surface area contributed by atoms with Gasteiger partial charge in [-0.2, -0.15) is 0 Å². The van der Waals surface area contributed by atoms with Gasteiger partial charge in [0.05, 0.1) is 5.56 Å². The third kappa shape index (κ3) is 4.18. The molecule has 0 saturated heterocycles. The first kappa shape index (κ1) is 16.7. The van der Waals surface area contributed by atoms with Crippen LogP contribution in [-0.4, -0.2) is 23.1 Å². The lowest BCUT2D eigenvalue weighted by Crippen LogP contribution is -2.32. The zero-order chi connectivity index (χ0) is 17.0. The summed E-state index contributed by atoms with van der Waals surface area (Å²) in [4.78, 5) is 24.5. The molecule has 0 aliphatic carbocycles. The van der Waals surface area contributed by atoms with Crippen molar-refractivity contribution in [2.24, 2.45) is 0 Å². The number of carbonyl (C=O) groups excluding carboxylic acids is 2. The number of anilines is 1. The van der Waals surface area contributed by atoms with Crippen molar-refractivity contribution in [2.45, 2.75) is 40.2 Å². The van der Waals surface area contributed by atoms with E-state index in [0.29, 0.717) is 23.6 Å². The van der Waals surface area contributed by atoms with Crippen LogP contribution in [0, 0.1) is 20.8 Å². The molecular weight excluding hydrogens is 296 g/mol. The highest BCUT2D eigenvalue weighted by molar-refractivity contribution is 5.97. The van der Waals surface area contributed by atoms with Crippen LogP contribution >= 0.6 is 0 Å². The van der Waals surface area contributed by atoms with Crippen molar-refractivity contribution in [3.63, 3.8) is 0 Å². The van der Waals surface area contributed by atoms with Gasteiger partial charge in [0, 0.05) is 6.07 Å². The van der Waals surface area contributed by atoms with E-state index >= 15 is 0 Å². The van der Waals surface area contributed by atoms with E-state index < -0.39 is 18.0 Å². The highest BCUT2D eigenvalue weighted by Gasteiger charge is 2.23. The molecular formula is C17H20N2O4. The maximum atomic E-state index is 12.3. The largest absolute Gasteiger partial charge is 0.449 e. The molecule has 0 radical (unpaired) electrons. The van der Waals surface area contributed by atoms with Crippen LogP contribution in [0.3, 0.4) is 0 Å². The minimum absolute atomic E-state index is 0.300. The van der Waals surface area contributed by atoms with E-state index in [1.165, 1.54) is 0 Å². The van der Waals surface area contributed by atoms with Crippen molar-refractivity contribution in [1.29, 1.82) is 0 Å². The average molecular weight is 316 g/mol. The number of aryl methyl sites for hydroxylation is 3. The first-order chi connectivity index (χ1) is 10.9. The van der Waals surface area contributed by atoms with E-state index in [1.54, 1.807) is 26.0 Å². The maximum absolute atomic E-state index is 12.3. The topological polar surface area (TPSA) is 81.4 Å². The van der Waals surface area contributed by atoms with E-state index in [0.717, 1.165) is 11.1 Å². The third-order valence-electron chi connectivity index (χ3n) is 3.39. The quantitative estimate of drug-likeness (QED) is 0.857. The lowest BCUT2D eigenvalue weighted by Gasteiger charge is -2.16. The molecule has 0 fully saturated rings. The first-order valence-corrected chi connectivity index (χ1v) is 7.43. The molecule has 1 heterocycles. The molecule has 0 bridgehead atoms. The standard InChI is InChI=1S/C17H20N2O4/c1-5-14(16(20)18-15-9-12(4)23-19-15)22-17(21)13-7-6-10(2)8-11(13)3/h6-9,14H,5H2,1-4H3,(H,18,19,20)/t14-/m0/s1. The molecule has 122 valence electrons. The van der Waals surface area contributed by atoms with E-state index in [1.807, 2.05) is 26.0 Å². The fourth-order valence-electron chi connectivity index (χ4n) is 2.19. The van der Waals surface area contributed by atoms with Gasteiger partial charge in [-0.05, 0) is 38.8 Å². The number of ether oxygens (including phenoxy) is 1. The van der Waals surface area contributed by atoms with Crippen LogP contribution in [0.1, 0.15) is 40.6 Å². The second kappa shape index (κ2) is 7.09. The Bertz CT molecular complexity index is 721. The summed E-state index contributed by atoms with van der Waals surface area (Å²) in [7, 11) is 0. The Hall–Kier alpha value is -2.63. The fraction of sp³-hybridized carbons (Fsp3) is 0.353. The Balaban J connectivity index is 2.05. The number of nitrogens with zero attached hydrogens (tertiary/aromatic N) is 1. The van der Waals surface area contributed by atoms with Crippen molar-refractivity contribution >= 4 is 17.7 Å². The summed E-state index contributed by atoms with van der Waals surface area (Å²) in [5.41, 5.74) is 2.33. The van der Waals surface area contributed by atoms with Gasteiger partial charge in [-0.1, -0.05) is 29.8 Å². The van der Waals surface area contributed by atoms with Crippen LogP contribution in [0.4, 0.5) is 5.82 Å². The van der Waals surface area contributed by atoms with Crippen molar-refractivity contribution in [2.75, 3.05) is 5.32 Å². The first-order valence-electron chi connectivity index (χ1n) is 7.43. The molecule has 6 heteroatoms. The molecule has 0 aliphatic rings. The highest BCUT2D eigenvalue weighted by Crippen LogP contribution is 2.15. The summed E-state index contributed by atoms with van der Waals surface area (Å²) in [6, 6.07) is 7.04. The molecule has 0 saturated carbocycles. The number of rotatable bonds is 5. The Morgan fingerprint density at radius 2 is 2.00 bits per heavy atom. The predicted octanol–water partition coefficient (Wildman–Crippen LogP) is 3.17. The minimum atomic E-state index is -0.889. The number of hydrogen-bond acceptors (Lipinski definition) is 5. The summed E-state index contributed by atoms with van der Waals surface area (Å²) in [5.74, 6) is -0.0612. The molecule has 1 amide bonds. The zero-order valence-corrected chi connectivity index (χ0v) is 13.7. The monoisotopic (exact) mass is 316 g/mol. The molecule has 0 spiro atoms. The number of carbonyl (C=O) groups is 2. The van der Waals surface area contributed by atoms with Gasteiger partial charge >= 0.3 is 5.97 Å². The second-order valence-electron chi connectivity index (χ2n) is 5.43. The molecule has 23 heavy (non-hydrogen) atoms. The predicted molar refractivity (Wildman–Crippen MR) is 85.3 cm³/mol. The van der Waals surface area contributed by atoms with E-state index in [-0.39, 0.29) is 0 Å². The van der Waals surface area contributed by atoms with Gasteiger partial charge in [-0.15, -0.1) is 0 Å². The van der Waals surface area contributed by atoms with Crippen LogP contribution in [0.5, 0.6) is 0 Å². The van der Waals surface area contributed by atoms with E-state index in [9.17, 15) is 9.59 Å². The molecule has 2 aromatic rings. The van der Waals surface area contributed by atoms with Gasteiger partial charge in [-0.3, -0.25) is 4.79 Å². The summed E-state index contributed by atoms with van der Waals surface area (Å²) in [6.45, 7) is 7.28. The highest BCUT2D eigenvalue weighted by atomic mass is 16.5. The molecule has 1 aromatic heterocycles. The van der Waals surface area contributed by atoms with Crippen LogP contribution in [-0.2, 0) is 9.53 Å². The Morgan fingerprint density at radius 1 is 1.26 bits per heavy atom. The molecule has 6 nitrogen and oxygen atoms in total. The lowest BCUT2D eigenvalue weighted by atomic mass is 10.1. The molecule has 0 aliphatic heterocycles. The summed E-state index contributed by atoms with van der Waals surface area (Å²) >= 11 is 0. The molecule has 0 unspecified atom stereocenters. The van der Waals surface area contributed by atoms with Gasteiger partial charge in [0.2, 0.25) is 0 Å². The SMILES string of the molecule is CC[C@H](OC(=O)c1ccc(C)cc1C)C(=O)Nc1cc(C)on1. The second-order valence-corrected chi connectivity index (χ2v) is 5.43. The number of hydrogen-bond donors (Lipinski definition) is 1. The number of esters is 1. The summed E-state index contributed by atoms with van der Waals surface area (Å²) in [6.07, 6.45) is -0.528. The maximum Gasteiger partial charge on any atom is 0.339 e. The van der Waals surface area contributed by atoms with Gasteiger partial charge in [0.15, 0.2) is 11.9 Å². The van der Waals surface area contributed by atoms with Crippen LogP contribution in [0.25, 0.3) is 0 Å². The Morgan fingerprint density at radius 3 is 2.57 bits per heavy atom. The number of nitrogens with one attached hydrogen (secondary N) is 1. The smallest absolute Gasteiger partial charge is 0.339 e. The van der Waals surface area contributed by atoms with Crippen molar-refractivity contribution in [3.05, 3.63) is 46.7 Å². The van der Waals surface area contributed by atoms with Gasteiger partial charge in [0.1, 0.15) is 5.76 Å². The lowest BCUT2D eigenvalue weighted by molar-refractivity contribution is -0.124. The number of benzene rings is 1. The van der Waals surface area contributed by atoms with Crippen molar-refractivity contribution in [1.82, 2.24) is 5.16 Å². The van der Waals surface area contributed by atoms with Gasteiger partial charge in [0.25, 0.3) is 5.91 Å². The summed E-state index contributed by atoms with van der Waals surface area (Å²) in [5, 5.41) is 6.26. The van der Waals surface area contributed by atoms with Crippen molar-refractivity contribution < 1.29 is 18.8 Å². The zero-order valence-electron chi connectivity index (χ0n) is 13.7. The average Bonchev–Trinajstić information content (AvgIpc) is 2.89. The van der Waals surface area contributed by atoms with Gasteiger partial charge < -0.3 is 14.6 Å². The Kier molecular flexibility index (Phi) is 5.16.